The minimum atomic E-state index is -0.913. The van der Waals surface area contributed by atoms with Crippen molar-refractivity contribution in [2.45, 2.75) is 12.0 Å². The Morgan fingerprint density at radius 3 is 2.82 bits per heavy atom. The van der Waals surface area contributed by atoms with Crippen molar-refractivity contribution >= 4 is 11.0 Å². The Balaban J connectivity index is 2.13. The summed E-state index contributed by atoms with van der Waals surface area (Å²) in [4.78, 5) is 7.12. The number of ether oxygens (including phenoxy) is 1. The molecule has 2 aromatic rings. The van der Waals surface area contributed by atoms with E-state index in [0.717, 1.165) is 12.1 Å². The van der Waals surface area contributed by atoms with Gasteiger partial charge in [0.05, 0.1) is 17.6 Å². The van der Waals surface area contributed by atoms with Gasteiger partial charge in [0.2, 0.25) is 0 Å². The van der Waals surface area contributed by atoms with Gasteiger partial charge in [0.25, 0.3) is 0 Å². The molecule has 0 spiro atoms. The van der Waals surface area contributed by atoms with Crippen LogP contribution in [0.1, 0.15) is 12.2 Å². The topological polar surface area (TPSA) is 63.9 Å². The molecule has 90 valence electrons. The van der Waals surface area contributed by atoms with E-state index in [4.69, 9.17) is 10.5 Å². The standard InChI is InChI=1S/C11H11F2N3O/c12-6-3-8-9(4-7(6)13)16-10(15-8)11(14)1-2-17-5-11/h3-4H,1-2,5,14H2,(H,15,16). The number of hydrogen-bond acceptors (Lipinski definition) is 3. The van der Waals surface area contributed by atoms with Crippen molar-refractivity contribution in [3.63, 3.8) is 0 Å². The van der Waals surface area contributed by atoms with Crippen molar-refractivity contribution in [2.24, 2.45) is 5.73 Å². The van der Waals surface area contributed by atoms with E-state index in [-0.39, 0.29) is 0 Å². The first kappa shape index (κ1) is 10.6. The molecule has 4 nitrogen and oxygen atoms in total. The maximum atomic E-state index is 13.1. The Labute approximate surface area is 95.8 Å². The summed E-state index contributed by atoms with van der Waals surface area (Å²) in [5.74, 6) is -1.30. The third kappa shape index (κ3) is 1.60. The number of rotatable bonds is 1. The van der Waals surface area contributed by atoms with E-state index in [2.05, 4.69) is 9.97 Å². The third-order valence-electron chi connectivity index (χ3n) is 3.05. The zero-order valence-corrected chi connectivity index (χ0v) is 8.96. The SMILES string of the molecule is NC1(c2nc3cc(F)c(F)cc3[nH]2)CCOC1. The molecule has 0 amide bonds. The summed E-state index contributed by atoms with van der Waals surface area (Å²) in [5, 5.41) is 0. The summed E-state index contributed by atoms with van der Waals surface area (Å²) < 4.78 is 31.3. The molecule has 0 aliphatic carbocycles. The van der Waals surface area contributed by atoms with E-state index < -0.39 is 17.2 Å². The van der Waals surface area contributed by atoms with Gasteiger partial charge < -0.3 is 15.5 Å². The van der Waals surface area contributed by atoms with Crippen LogP contribution < -0.4 is 5.73 Å². The zero-order valence-electron chi connectivity index (χ0n) is 8.96. The number of nitrogens with two attached hydrogens (primary N) is 1. The lowest BCUT2D eigenvalue weighted by atomic mass is 10.00. The van der Waals surface area contributed by atoms with Crippen LogP contribution in [0.2, 0.25) is 0 Å². The number of nitrogens with zero attached hydrogens (tertiary/aromatic N) is 1. The summed E-state index contributed by atoms with van der Waals surface area (Å²) in [6.07, 6.45) is 0.637. The number of nitrogens with one attached hydrogen (secondary N) is 1. The zero-order chi connectivity index (χ0) is 12.0. The molecule has 0 bridgehead atoms. The van der Waals surface area contributed by atoms with Crippen molar-refractivity contribution in [1.29, 1.82) is 0 Å². The fourth-order valence-electron chi connectivity index (χ4n) is 2.01. The molecule has 3 rings (SSSR count). The minimum absolute atomic E-state index is 0.359. The van der Waals surface area contributed by atoms with Crippen molar-refractivity contribution in [3.8, 4) is 0 Å². The second-order valence-electron chi connectivity index (χ2n) is 4.33. The number of aromatic nitrogens is 2. The predicted molar refractivity (Wildman–Crippen MR) is 57.3 cm³/mol. The Kier molecular flexibility index (Phi) is 2.17. The lowest BCUT2D eigenvalue weighted by Crippen LogP contribution is -2.38. The number of halogens is 2. The van der Waals surface area contributed by atoms with E-state index >= 15 is 0 Å². The van der Waals surface area contributed by atoms with Gasteiger partial charge >= 0.3 is 0 Å². The molecule has 1 fully saturated rings. The van der Waals surface area contributed by atoms with E-state index in [1.165, 1.54) is 0 Å². The first-order valence-electron chi connectivity index (χ1n) is 5.30. The second-order valence-corrected chi connectivity index (χ2v) is 4.33. The first-order chi connectivity index (χ1) is 8.08. The average Bonchev–Trinajstić information content (AvgIpc) is 2.87. The van der Waals surface area contributed by atoms with Crippen LogP contribution in [0.4, 0.5) is 8.78 Å². The van der Waals surface area contributed by atoms with Crippen LogP contribution in [0.3, 0.4) is 0 Å². The number of benzene rings is 1. The summed E-state index contributed by atoms with van der Waals surface area (Å²) in [5.41, 5.74) is 6.24. The monoisotopic (exact) mass is 239 g/mol. The smallest absolute Gasteiger partial charge is 0.161 e. The Morgan fingerprint density at radius 1 is 1.35 bits per heavy atom. The number of hydrogen-bond donors (Lipinski definition) is 2. The highest BCUT2D eigenvalue weighted by molar-refractivity contribution is 5.75. The molecule has 1 saturated heterocycles. The van der Waals surface area contributed by atoms with Crippen LogP contribution in [0.15, 0.2) is 12.1 Å². The average molecular weight is 239 g/mol. The maximum absolute atomic E-state index is 13.1. The van der Waals surface area contributed by atoms with Crippen LogP contribution in [-0.2, 0) is 10.3 Å². The van der Waals surface area contributed by atoms with Crippen molar-refractivity contribution in [1.82, 2.24) is 9.97 Å². The lowest BCUT2D eigenvalue weighted by molar-refractivity contribution is 0.176. The molecule has 1 unspecified atom stereocenters. The van der Waals surface area contributed by atoms with Crippen LogP contribution in [0, 0.1) is 11.6 Å². The molecule has 1 aromatic heterocycles. The number of fused-ring (bicyclic) bond motifs is 1. The number of aromatic amines is 1. The highest BCUT2D eigenvalue weighted by Crippen LogP contribution is 2.27. The molecular formula is C11H11F2N3O. The molecule has 0 saturated carbocycles. The van der Waals surface area contributed by atoms with E-state index in [9.17, 15) is 8.78 Å². The van der Waals surface area contributed by atoms with Gasteiger partial charge in [-0.15, -0.1) is 0 Å². The molecule has 1 aliphatic rings. The molecule has 3 N–H and O–H groups in total. The molecule has 6 heteroatoms. The fourth-order valence-corrected chi connectivity index (χ4v) is 2.01. The fraction of sp³-hybridized carbons (Fsp3) is 0.364. The van der Waals surface area contributed by atoms with Gasteiger partial charge in [-0.25, -0.2) is 13.8 Å². The normalized spacial score (nSPS) is 24.6. The quantitative estimate of drug-likeness (QED) is 0.791. The van der Waals surface area contributed by atoms with Crippen LogP contribution in [-0.4, -0.2) is 23.2 Å². The van der Waals surface area contributed by atoms with Crippen molar-refractivity contribution in [3.05, 3.63) is 29.6 Å². The summed E-state index contributed by atoms with van der Waals surface area (Å²) in [6.45, 7) is 0.925. The number of imidazole rings is 1. The van der Waals surface area contributed by atoms with Gasteiger partial charge in [-0.3, -0.25) is 0 Å². The second kappa shape index (κ2) is 3.48. The largest absolute Gasteiger partial charge is 0.379 e. The Bertz CT molecular complexity index is 536. The molecule has 1 aromatic carbocycles. The minimum Gasteiger partial charge on any atom is -0.379 e. The molecule has 0 radical (unpaired) electrons. The molecule has 17 heavy (non-hydrogen) atoms. The molecule has 2 heterocycles. The molecule has 1 atom stereocenters. The van der Waals surface area contributed by atoms with Crippen LogP contribution >= 0.6 is 0 Å². The highest BCUT2D eigenvalue weighted by Gasteiger charge is 2.35. The number of H-pyrrole nitrogens is 1. The van der Waals surface area contributed by atoms with Gasteiger partial charge in [0.1, 0.15) is 11.4 Å². The lowest BCUT2D eigenvalue weighted by Gasteiger charge is -2.17. The maximum Gasteiger partial charge on any atom is 0.161 e. The highest BCUT2D eigenvalue weighted by atomic mass is 19.2. The Hall–Kier alpha value is -1.53. The van der Waals surface area contributed by atoms with Crippen molar-refractivity contribution in [2.75, 3.05) is 13.2 Å². The predicted octanol–water partition coefficient (Wildman–Crippen LogP) is 1.42. The molecular weight excluding hydrogens is 228 g/mol. The van der Waals surface area contributed by atoms with Gasteiger partial charge in [0.15, 0.2) is 11.6 Å². The van der Waals surface area contributed by atoms with E-state index in [1.807, 2.05) is 0 Å². The van der Waals surface area contributed by atoms with Gasteiger partial charge in [-0.2, -0.15) is 0 Å². The van der Waals surface area contributed by atoms with Gasteiger partial charge in [-0.1, -0.05) is 0 Å². The van der Waals surface area contributed by atoms with Crippen LogP contribution in [0.25, 0.3) is 11.0 Å². The van der Waals surface area contributed by atoms with Gasteiger partial charge in [-0.05, 0) is 6.42 Å². The summed E-state index contributed by atoms with van der Waals surface area (Å²) in [7, 11) is 0. The van der Waals surface area contributed by atoms with Gasteiger partial charge in [0, 0.05) is 18.7 Å². The molecule has 1 aliphatic heterocycles. The summed E-state index contributed by atoms with van der Waals surface area (Å²) in [6, 6.07) is 2.14. The van der Waals surface area contributed by atoms with Crippen LogP contribution in [0.5, 0.6) is 0 Å². The van der Waals surface area contributed by atoms with E-state index in [1.54, 1.807) is 0 Å². The Morgan fingerprint density at radius 2 is 2.12 bits per heavy atom. The first-order valence-corrected chi connectivity index (χ1v) is 5.30. The van der Waals surface area contributed by atoms with Crippen molar-refractivity contribution < 1.29 is 13.5 Å². The third-order valence-corrected chi connectivity index (χ3v) is 3.05. The summed E-state index contributed by atoms with van der Waals surface area (Å²) >= 11 is 0. The van der Waals surface area contributed by atoms with E-state index in [0.29, 0.717) is 36.5 Å².